The highest BCUT2D eigenvalue weighted by molar-refractivity contribution is 7.92. The highest BCUT2D eigenvalue weighted by atomic mass is 35.5. The normalized spacial score (nSPS) is 11.2. The molecule has 0 bridgehead atoms. The standard InChI is InChI=1S/C18H20Cl2N2O3S/c1-2-3-9-21-18(23)13-22(16-11-14(19)10-15(20)12-16)26(24,25)17-7-5-4-6-8-17/h4-8,10-12H,2-3,9,13H2,1H3,(H,21,23). The van der Waals surface area contributed by atoms with Crippen LogP contribution in [-0.2, 0) is 14.8 Å². The van der Waals surface area contributed by atoms with Gasteiger partial charge in [-0.2, -0.15) is 0 Å². The average molecular weight is 415 g/mol. The number of sulfonamides is 1. The van der Waals surface area contributed by atoms with Gasteiger partial charge in [-0.1, -0.05) is 54.7 Å². The number of rotatable bonds is 8. The van der Waals surface area contributed by atoms with Crippen molar-refractivity contribution in [3.63, 3.8) is 0 Å². The lowest BCUT2D eigenvalue weighted by Gasteiger charge is -2.24. The Balaban J connectivity index is 2.40. The minimum Gasteiger partial charge on any atom is -0.355 e. The van der Waals surface area contributed by atoms with Gasteiger partial charge in [0, 0.05) is 16.6 Å². The summed E-state index contributed by atoms with van der Waals surface area (Å²) in [7, 11) is -3.96. The molecule has 1 amide bonds. The number of carbonyl (C=O) groups excluding carboxylic acids is 1. The van der Waals surface area contributed by atoms with Crippen molar-refractivity contribution < 1.29 is 13.2 Å². The second kappa shape index (κ2) is 9.26. The SMILES string of the molecule is CCCCNC(=O)CN(c1cc(Cl)cc(Cl)c1)S(=O)(=O)c1ccccc1. The Morgan fingerprint density at radius 1 is 1.08 bits per heavy atom. The molecule has 0 heterocycles. The zero-order valence-electron chi connectivity index (χ0n) is 14.3. The van der Waals surface area contributed by atoms with Gasteiger partial charge in [-0.25, -0.2) is 8.42 Å². The summed E-state index contributed by atoms with van der Waals surface area (Å²) in [6, 6.07) is 12.3. The van der Waals surface area contributed by atoms with Gasteiger partial charge < -0.3 is 5.32 Å². The van der Waals surface area contributed by atoms with E-state index in [-0.39, 0.29) is 27.2 Å². The van der Waals surface area contributed by atoms with E-state index in [2.05, 4.69) is 5.32 Å². The highest BCUT2D eigenvalue weighted by Crippen LogP contribution is 2.29. The summed E-state index contributed by atoms with van der Waals surface area (Å²) in [5, 5.41) is 3.29. The molecule has 0 saturated carbocycles. The molecular weight excluding hydrogens is 395 g/mol. The Hall–Kier alpha value is -1.76. The van der Waals surface area contributed by atoms with Gasteiger partial charge in [0.15, 0.2) is 0 Å². The van der Waals surface area contributed by atoms with Crippen LogP contribution >= 0.6 is 23.2 Å². The van der Waals surface area contributed by atoms with Crippen LogP contribution in [0.25, 0.3) is 0 Å². The molecule has 140 valence electrons. The molecule has 0 saturated heterocycles. The van der Waals surface area contributed by atoms with Gasteiger partial charge in [0.1, 0.15) is 6.54 Å². The van der Waals surface area contributed by atoms with Crippen molar-refractivity contribution in [1.29, 1.82) is 0 Å². The van der Waals surface area contributed by atoms with Crippen LogP contribution in [0.5, 0.6) is 0 Å². The number of halogens is 2. The van der Waals surface area contributed by atoms with Crippen molar-refractivity contribution in [3.05, 3.63) is 58.6 Å². The molecule has 0 fully saturated rings. The van der Waals surface area contributed by atoms with Gasteiger partial charge in [-0.05, 0) is 36.8 Å². The van der Waals surface area contributed by atoms with Crippen molar-refractivity contribution in [1.82, 2.24) is 5.32 Å². The molecule has 0 unspecified atom stereocenters. The lowest BCUT2D eigenvalue weighted by molar-refractivity contribution is -0.119. The summed E-state index contributed by atoms with van der Waals surface area (Å²) in [6.07, 6.45) is 1.75. The van der Waals surface area contributed by atoms with E-state index in [1.54, 1.807) is 18.2 Å². The Morgan fingerprint density at radius 2 is 1.69 bits per heavy atom. The van der Waals surface area contributed by atoms with E-state index in [4.69, 9.17) is 23.2 Å². The smallest absolute Gasteiger partial charge is 0.264 e. The monoisotopic (exact) mass is 414 g/mol. The summed E-state index contributed by atoms with van der Waals surface area (Å²) >= 11 is 12.0. The van der Waals surface area contributed by atoms with E-state index in [0.717, 1.165) is 17.1 Å². The maximum atomic E-state index is 13.1. The Kier molecular flexibility index (Phi) is 7.32. The largest absolute Gasteiger partial charge is 0.355 e. The van der Waals surface area contributed by atoms with Gasteiger partial charge >= 0.3 is 0 Å². The molecule has 0 aliphatic rings. The summed E-state index contributed by atoms with van der Waals surface area (Å²) in [6.45, 7) is 2.13. The van der Waals surface area contributed by atoms with Crippen LogP contribution < -0.4 is 9.62 Å². The molecule has 2 aromatic carbocycles. The molecule has 0 spiro atoms. The molecule has 5 nitrogen and oxygen atoms in total. The zero-order valence-corrected chi connectivity index (χ0v) is 16.6. The minimum absolute atomic E-state index is 0.0810. The molecule has 2 aromatic rings. The number of carbonyl (C=O) groups is 1. The maximum absolute atomic E-state index is 13.1. The Bertz CT molecular complexity index is 838. The topological polar surface area (TPSA) is 66.5 Å². The fourth-order valence-electron chi connectivity index (χ4n) is 2.31. The van der Waals surface area contributed by atoms with Crippen molar-refractivity contribution >= 4 is 44.8 Å². The second-order valence-electron chi connectivity index (χ2n) is 5.66. The van der Waals surface area contributed by atoms with Crippen LogP contribution in [0.2, 0.25) is 10.0 Å². The summed E-state index contributed by atoms with van der Waals surface area (Å²) in [4.78, 5) is 12.3. The van der Waals surface area contributed by atoms with E-state index in [1.165, 1.54) is 30.3 Å². The van der Waals surface area contributed by atoms with Crippen LogP contribution in [0.3, 0.4) is 0 Å². The summed E-state index contributed by atoms with van der Waals surface area (Å²) in [5.41, 5.74) is 0.233. The first-order valence-electron chi connectivity index (χ1n) is 8.15. The van der Waals surface area contributed by atoms with Crippen LogP contribution in [0.15, 0.2) is 53.4 Å². The van der Waals surface area contributed by atoms with Gasteiger partial charge in [0.05, 0.1) is 10.6 Å². The number of hydrogen-bond donors (Lipinski definition) is 1. The van der Waals surface area contributed by atoms with Crippen LogP contribution in [0.4, 0.5) is 5.69 Å². The number of unbranched alkanes of at least 4 members (excludes halogenated alkanes) is 1. The van der Waals surface area contributed by atoms with Gasteiger partial charge in [0.2, 0.25) is 5.91 Å². The first-order valence-corrected chi connectivity index (χ1v) is 10.3. The van der Waals surface area contributed by atoms with E-state index in [9.17, 15) is 13.2 Å². The number of nitrogens with one attached hydrogen (secondary N) is 1. The highest BCUT2D eigenvalue weighted by Gasteiger charge is 2.27. The minimum atomic E-state index is -3.96. The van der Waals surface area contributed by atoms with Crippen molar-refractivity contribution in [2.24, 2.45) is 0 Å². The predicted molar refractivity (Wildman–Crippen MR) is 105 cm³/mol. The number of nitrogens with zero attached hydrogens (tertiary/aromatic N) is 1. The van der Waals surface area contributed by atoms with Gasteiger partial charge in [-0.3, -0.25) is 9.10 Å². The quantitative estimate of drug-likeness (QED) is 0.660. The third-order valence-corrected chi connectivity index (χ3v) is 5.83. The molecule has 26 heavy (non-hydrogen) atoms. The first kappa shape index (κ1) is 20.6. The van der Waals surface area contributed by atoms with E-state index >= 15 is 0 Å². The Labute approximate surface area is 164 Å². The van der Waals surface area contributed by atoms with Gasteiger partial charge in [-0.15, -0.1) is 0 Å². The van der Waals surface area contributed by atoms with E-state index < -0.39 is 15.9 Å². The zero-order chi connectivity index (χ0) is 19.2. The first-order chi connectivity index (χ1) is 12.3. The molecule has 0 aliphatic heterocycles. The average Bonchev–Trinajstić information content (AvgIpc) is 2.59. The number of hydrogen-bond acceptors (Lipinski definition) is 3. The lowest BCUT2D eigenvalue weighted by Crippen LogP contribution is -2.41. The molecule has 0 atom stereocenters. The summed E-state index contributed by atoms with van der Waals surface area (Å²) < 4.78 is 27.2. The molecule has 0 aliphatic carbocycles. The van der Waals surface area contributed by atoms with Crippen LogP contribution in [0, 0.1) is 0 Å². The molecule has 8 heteroatoms. The Morgan fingerprint density at radius 3 is 2.27 bits per heavy atom. The molecule has 1 N–H and O–H groups in total. The number of benzene rings is 2. The summed E-state index contributed by atoms with van der Waals surface area (Å²) in [5.74, 6) is -0.394. The van der Waals surface area contributed by atoms with Crippen molar-refractivity contribution in [3.8, 4) is 0 Å². The van der Waals surface area contributed by atoms with Crippen molar-refractivity contribution in [2.75, 3.05) is 17.4 Å². The van der Waals surface area contributed by atoms with Crippen LogP contribution in [0.1, 0.15) is 19.8 Å². The number of amides is 1. The second-order valence-corrected chi connectivity index (χ2v) is 8.39. The fourth-order valence-corrected chi connectivity index (χ4v) is 4.25. The van der Waals surface area contributed by atoms with Crippen molar-refractivity contribution in [2.45, 2.75) is 24.7 Å². The predicted octanol–water partition coefficient (Wildman–Crippen LogP) is 4.11. The third-order valence-electron chi connectivity index (χ3n) is 3.61. The van der Waals surface area contributed by atoms with E-state index in [0.29, 0.717) is 6.54 Å². The third kappa shape index (κ3) is 5.37. The molecule has 0 radical (unpaired) electrons. The lowest BCUT2D eigenvalue weighted by atomic mass is 10.3. The fraction of sp³-hybridized carbons (Fsp3) is 0.278. The molecule has 0 aromatic heterocycles. The maximum Gasteiger partial charge on any atom is 0.264 e. The molecular formula is C18H20Cl2N2O3S. The van der Waals surface area contributed by atoms with E-state index in [1.807, 2.05) is 6.92 Å². The van der Waals surface area contributed by atoms with Gasteiger partial charge in [0.25, 0.3) is 10.0 Å². The molecule has 2 rings (SSSR count). The van der Waals surface area contributed by atoms with Crippen LogP contribution in [-0.4, -0.2) is 27.4 Å². The number of anilines is 1.